The standard InChI is InChI=1S/C25H34N4O8S/c1-7-17(2)26-25(31)18(3)27(15-19-8-11-21(36-4)12-9-19)24(30)16-28(38(6,34)35)22-14-20(29(32)33)10-13-23(22)37-5/h8-14,17-18H,7,15-16H2,1-6H3,(H,26,31)/t17-,18+/m1/s1. The topological polar surface area (TPSA) is 148 Å². The molecule has 2 amide bonds. The first-order valence-corrected chi connectivity index (χ1v) is 13.7. The second-order valence-electron chi connectivity index (χ2n) is 8.75. The Kier molecular flexibility index (Phi) is 10.5. The van der Waals surface area contributed by atoms with E-state index in [2.05, 4.69) is 5.32 Å². The van der Waals surface area contributed by atoms with Gasteiger partial charge >= 0.3 is 0 Å². The smallest absolute Gasteiger partial charge is 0.271 e. The molecule has 38 heavy (non-hydrogen) atoms. The van der Waals surface area contributed by atoms with E-state index in [9.17, 15) is 28.1 Å². The molecule has 0 aromatic heterocycles. The molecular formula is C25H34N4O8S. The molecule has 1 N–H and O–H groups in total. The highest BCUT2D eigenvalue weighted by Gasteiger charge is 2.32. The van der Waals surface area contributed by atoms with Crippen molar-refractivity contribution in [2.45, 2.75) is 45.8 Å². The average Bonchev–Trinajstić information content (AvgIpc) is 2.88. The van der Waals surface area contributed by atoms with Crippen LogP contribution in [0.5, 0.6) is 11.5 Å². The molecule has 0 spiro atoms. The van der Waals surface area contributed by atoms with Gasteiger partial charge in [-0.2, -0.15) is 0 Å². The summed E-state index contributed by atoms with van der Waals surface area (Å²) in [7, 11) is -1.30. The molecule has 0 aliphatic carbocycles. The van der Waals surface area contributed by atoms with Gasteiger partial charge in [-0.3, -0.25) is 24.0 Å². The number of carbonyl (C=O) groups excluding carboxylic acids is 2. The van der Waals surface area contributed by atoms with Crippen molar-refractivity contribution in [3.63, 3.8) is 0 Å². The van der Waals surface area contributed by atoms with E-state index in [1.165, 1.54) is 31.3 Å². The number of methoxy groups -OCH3 is 2. The van der Waals surface area contributed by atoms with Gasteiger partial charge in [0.15, 0.2) is 0 Å². The molecular weight excluding hydrogens is 516 g/mol. The van der Waals surface area contributed by atoms with Crippen molar-refractivity contribution >= 4 is 33.2 Å². The summed E-state index contributed by atoms with van der Waals surface area (Å²) >= 11 is 0. The average molecular weight is 551 g/mol. The summed E-state index contributed by atoms with van der Waals surface area (Å²) in [6.45, 7) is 4.58. The number of sulfonamides is 1. The van der Waals surface area contributed by atoms with Crippen molar-refractivity contribution in [3.8, 4) is 11.5 Å². The highest BCUT2D eigenvalue weighted by Crippen LogP contribution is 2.34. The van der Waals surface area contributed by atoms with Crippen LogP contribution in [-0.4, -0.2) is 69.2 Å². The van der Waals surface area contributed by atoms with Crippen LogP contribution in [0.2, 0.25) is 0 Å². The number of anilines is 1. The molecule has 2 aromatic carbocycles. The Morgan fingerprint density at radius 2 is 1.71 bits per heavy atom. The zero-order valence-corrected chi connectivity index (χ0v) is 23.1. The second kappa shape index (κ2) is 13.1. The SMILES string of the molecule is CC[C@@H](C)NC(=O)[C@H](C)N(Cc1ccc(OC)cc1)C(=O)CN(c1cc([N+](=O)[O-])ccc1OC)S(C)(=O)=O. The zero-order chi connectivity index (χ0) is 28.6. The van der Waals surface area contributed by atoms with E-state index >= 15 is 0 Å². The van der Waals surface area contributed by atoms with Gasteiger partial charge < -0.3 is 19.7 Å². The molecule has 0 radical (unpaired) electrons. The third-order valence-corrected chi connectivity index (χ3v) is 7.13. The molecule has 12 nitrogen and oxygen atoms in total. The van der Waals surface area contributed by atoms with Crippen LogP contribution in [0.15, 0.2) is 42.5 Å². The maximum atomic E-state index is 13.7. The predicted molar refractivity (Wildman–Crippen MR) is 143 cm³/mol. The minimum absolute atomic E-state index is 0.00158. The van der Waals surface area contributed by atoms with E-state index < -0.39 is 39.3 Å². The predicted octanol–water partition coefficient (Wildman–Crippen LogP) is 2.71. The molecule has 0 aliphatic rings. The highest BCUT2D eigenvalue weighted by molar-refractivity contribution is 7.92. The van der Waals surface area contributed by atoms with Crippen molar-refractivity contribution in [2.24, 2.45) is 0 Å². The van der Waals surface area contributed by atoms with Gasteiger partial charge in [0.25, 0.3) is 5.69 Å². The third kappa shape index (κ3) is 7.81. The number of ether oxygens (including phenoxy) is 2. The van der Waals surface area contributed by atoms with Gasteiger partial charge in [0.2, 0.25) is 21.8 Å². The quantitative estimate of drug-likeness (QED) is 0.296. The summed E-state index contributed by atoms with van der Waals surface area (Å²) in [6, 6.07) is 9.25. The lowest BCUT2D eigenvalue weighted by Gasteiger charge is -2.32. The van der Waals surface area contributed by atoms with E-state index in [0.717, 1.165) is 16.6 Å². The van der Waals surface area contributed by atoms with Gasteiger partial charge in [0, 0.05) is 24.7 Å². The number of amides is 2. The van der Waals surface area contributed by atoms with Crippen LogP contribution in [0.25, 0.3) is 0 Å². The first-order chi connectivity index (χ1) is 17.8. The molecule has 0 heterocycles. The number of non-ortho nitro benzene ring substituents is 1. The Morgan fingerprint density at radius 3 is 2.21 bits per heavy atom. The van der Waals surface area contributed by atoms with Crippen molar-refractivity contribution in [1.29, 1.82) is 0 Å². The Labute approximate surface area is 222 Å². The van der Waals surface area contributed by atoms with E-state index in [4.69, 9.17) is 9.47 Å². The molecule has 0 fully saturated rings. The van der Waals surface area contributed by atoms with Gasteiger partial charge in [-0.25, -0.2) is 8.42 Å². The fourth-order valence-electron chi connectivity index (χ4n) is 3.56. The second-order valence-corrected chi connectivity index (χ2v) is 10.7. The first kappa shape index (κ1) is 30.4. The Morgan fingerprint density at radius 1 is 1.08 bits per heavy atom. The molecule has 0 aliphatic heterocycles. The number of nitrogens with zero attached hydrogens (tertiary/aromatic N) is 3. The number of nitro groups is 1. The minimum Gasteiger partial charge on any atom is -0.497 e. The monoisotopic (exact) mass is 550 g/mol. The number of hydrogen-bond acceptors (Lipinski definition) is 8. The Bertz CT molecular complexity index is 1250. The van der Waals surface area contributed by atoms with Gasteiger partial charge in [-0.1, -0.05) is 19.1 Å². The molecule has 0 unspecified atom stereocenters. The molecule has 13 heteroatoms. The molecule has 2 aromatic rings. The van der Waals surface area contributed by atoms with Crippen molar-refractivity contribution in [3.05, 3.63) is 58.1 Å². The summed E-state index contributed by atoms with van der Waals surface area (Å²) in [4.78, 5) is 38.6. The minimum atomic E-state index is -4.11. The molecule has 2 rings (SSSR count). The Balaban J connectivity index is 2.50. The normalized spacial score (nSPS) is 12.7. The lowest BCUT2D eigenvalue weighted by molar-refractivity contribution is -0.384. The van der Waals surface area contributed by atoms with Crippen molar-refractivity contribution in [1.82, 2.24) is 10.2 Å². The summed E-state index contributed by atoms with van der Waals surface area (Å²) in [5.41, 5.74) is 0.137. The van der Waals surface area contributed by atoms with E-state index in [1.807, 2.05) is 13.8 Å². The first-order valence-electron chi connectivity index (χ1n) is 11.8. The molecule has 208 valence electrons. The van der Waals surface area contributed by atoms with Gasteiger partial charge in [-0.05, 0) is 44.0 Å². The summed E-state index contributed by atoms with van der Waals surface area (Å²) in [6.07, 6.45) is 1.56. The van der Waals surface area contributed by atoms with E-state index in [0.29, 0.717) is 17.7 Å². The number of nitrogens with one attached hydrogen (secondary N) is 1. The highest BCUT2D eigenvalue weighted by atomic mass is 32.2. The van der Waals surface area contributed by atoms with Gasteiger partial charge in [-0.15, -0.1) is 0 Å². The zero-order valence-electron chi connectivity index (χ0n) is 22.3. The number of hydrogen-bond donors (Lipinski definition) is 1. The molecule has 0 bridgehead atoms. The third-order valence-electron chi connectivity index (χ3n) is 6.00. The van der Waals surface area contributed by atoms with Crippen LogP contribution in [0.4, 0.5) is 11.4 Å². The van der Waals surface area contributed by atoms with Crippen LogP contribution in [0, 0.1) is 10.1 Å². The molecule has 0 saturated carbocycles. The van der Waals surface area contributed by atoms with Crippen LogP contribution in [0.1, 0.15) is 32.8 Å². The van der Waals surface area contributed by atoms with Crippen LogP contribution < -0.4 is 19.1 Å². The van der Waals surface area contributed by atoms with E-state index in [1.54, 1.807) is 31.2 Å². The lowest BCUT2D eigenvalue weighted by atomic mass is 10.1. The van der Waals surface area contributed by atoms with Crippen LogP contribution in [-0.2, 0) is 26.2 Å². The number of nitro benzene ring substituents is 1. The number of carbonyl (C=O) groups is 2. The van der Waals surface area contributed by atoms with Crippen molar-refractivity contribution < 1.29 is 32.4 Å². The summed E-state index contributed by atoms with van der Waals surface area (Å²) in [5, 5.41) is 14.2. The van der Waals surface area contributed by atoms with Crippen LogP contribution >= 0.6 is 0 Å². The molecule has 2 atom stereocenters. The van der Waals surface area contributed by atoms with E-state index in [-0.39, 0.29) is 29.7 Å². The lowest BCUT2D eigenvalue weighted by Crippen LogP contribution is -2.52. The van der Waals surface area contributed by atoms with Crippen LogP contribution in [0.3, 0.4) is 0 Å². The maximum absolute atomic E-state index is 13.7. The molecule has 0 saturated heterocycles. The van der Waals surface area contributed by atoms with Gasteiger partial charge in [0.05, 0.1) is 25.4 Å². The summed E-state index contributed by atoms with van der Waals surface area (Å²) in [5.74, 6) is -0.458. The number of benzene rings is 2. The number of rotatable bonds is 13. The maximum Gasteiger partial charge on any atom is 0.271 e. The summed E-state index contributed by atoms with van der Waals surface area (Å²) < 4.78 is 36.7. The van der Waals surface area contributed by atoms with Crippen molar-refractivity contribution in [2.75, 3.05) is 31.3 Å². The largest absolute Gasteiger partial charge is 0.497 e. The Hall–Kier alpha value is -3.87. The fourth-order valence-corrected chi connectivity index (χ4v) is 4.40. The van der Waals surface area contributed by atoms with Gasteiger partial charge in [0.1, 0.15) is 29.8 Å². The fraction of sp³-hybridized carbons (Fsp3) is 0.440.